The zero-order valence-electron chi connectivity index (χ0n) is 16.3. The third kappa shape index (κ3) is 3.88. The molecule has 0 amide bonds. The van der Waals surface area contributed by atoms with Crippen molar-refractivity contribution in [1.29, 1.82) is 0 Å². The van der Waals surface area contributed by atoms with Gasteiger partial charge >= 0.3 is 0 Å². The lowest BCUT2D eigenvalue weighted by Crippen LogP contribution is -2.32. The molecular weight excluding hydrogens is 352 g/mol. The molecule has 2 fully saturated rings. The van der Waals surface area contributed by atoms with Crippen molar-refractivity contribution < 1.29 is 0 Å². The number of hydrogen-bond donors (Lipinski definition) is 1. The SMILES string of the molecule is CC(C)CN1C(=S)N[C@@H](c2ccccn2)[C@H]1c1ccn(C2CCCCC2)c1. The topological polar surface area (TPSA) is 33.1 Å². The second-order valence-electron chi connectivity index (χ2n) is 8.36. The summed E-state index contributed by atoms with van der Waals surface area (Å²) in [5.41, 5.74) is 2.39. The van der Waals surface area contributed by atoms with Gasteiger partial charge in [-0.15, -0.1) is 0 Å². The van der Waals surface area contributed by atoms with Crippen LogP contribution in [0.5, 0.6) is 0 Å². The third-order valence-electron chi connectivity index (χ3n) is 5.83. The Balaban J connectivity index is 1.66. The van der Waals surface area contributed by atoms with Gasteiger partial charge in [0, 0.05) is 31.2 Å². The van der Waals surface area contributed by atoms with Crippen LogP contribution in [0.3, 0.4) is 0 Å². The molecule has 4 rings (SSSR count). The zero-order valence-corrected chi connectivity index (χ0v) is 17.2. The highest BCUT2D eigenvalue weighted by Gasteiger charge is 2.40. The van der Waals surface area contributed by atoms with E-state index in [1.807, 2.05) is 12.3 Å². The Hall–Kier alpha value is -1.88. The zero-order chi connectivity index (χ0) is 18.8. The lowest BCUT2D eigenvalue weighted by atomic mass is 9.95. The van der Waals surface area contributed by atoms with Crippen molar-refractivity contribution in [1.82, 2.24) is 19.8 Å². The maximum absolute atomic E-state index is 5.73. The maximum atomic E-state index is 5.73. The quantitative estimate of drug-likeness (QED) is 0.736. The first-order valence-electron chi connectivity index (χ1n) is 10.3. The van der Waals surface area contributed by atoms with Gasteiger partial charge in [-0.1, -0.05) is 39.2 Å². The molecule has 0 radical (unpaired) electrons. The summed E-state index contributed by atoms with van der Waals surface area (Å²) in [4.78, 5) is 6.99. The summed E-state index contributed by atoms with van der Waals surface area (Å²) in [6.45, 7) is 5.45. The molecular formula is C22H30N4S. The van der Waals surface area contributed by atoms with Gasteiger partial charge in [0.25, 0.3) is 0 Å². The summed E-state index contributed by atoms with van der Waals surface area (Å²) < 4.78 is 2.44. The van der Waals surface area contributed by atoms with Crippen molar-refractivity contribution in [2.24, 2.45) is 5.92 Å². The number of rotatable bonds is 5. The second kappa shape index (κ2) is 8.01. The molecule has 4 nitrogen and oxygen atoms in total. The predicted octanol–water partition coefficient (Wildman–Crippen LogP) is 5.02. The molecule has 0 bridgehead atoms. The summed E-state index contributed by atoms with van der Waals surface area (Å²) in [6, 6.07) is 9.36. The van der Waals surface area contributed by atoms with Crippen LogP contribution in [-0.2, 0) is 0 Å². The Labute approximate surface area is 168 Å². The van der Waals surface area contributed by atoms with Crippen molar-refractivity contribution in [2.75, 3.05) is 6.54 Å². The molecule has 1 aliphatic heterocycles. The Bertz CT molecular complexity index is 764. The number of aromatic nitrogens is 2. The standard InChI is InChI=1S/C22H30N4S/c1-16(2)14-26-21(20(24-22(26)27)19-10-6-7-12-23-19)17-11-13-25(15-17)18-8-4-3-5-9-18/h6-7,10-13,15-16,18,20-21H,3-5,8-9,14H2,1-2H3,(H,24,27)/t20-,21+/m0/s1. The van der Waals surface area contributed by atoms with Crippen LogP contribution < -0.4 is 5.32 Å². The number of nitrogens with zero attached hydrogens (tertiary/aromatic N) is 3. The van der Waals surface area contributed by atoms with E-state index in [1.165, 1.54) is 37.7 Å². The summed E-state index contributed by atoms with van der Waals surface area (Å²) in [6.07, 6.45) is 13.2. The average Bonchev–Trinajstić information content (AvgIpc) is 3.28. The van der Waals surface area contributed by atoms with Crippen molar-refractivity contribution in [3.05, 3.63) is 54.1 Å². The van der Waals surface area contributed by atoms with E-state index < -0.39 is 0 Å². The van der Waals surface area contributed by atoms with Gasteiger partial charge in [-0.2, -0.15) is 0 Å². The van der Waals surface area contributed by atoms with E-state index in [9.17, 15) is 0 Å². The van der Waals surface area contributed by atoms with Crippen molar-refractivity contribution in [3.8, 4) is 0 Å². The molecule has 5 heteroatoms. The number of pyridine rings is 1. The minimum absolute atomic E-state index is 0.0969. The number of nitrogens with one attached hydrogen (secondary N) is 1. The molecule has 2 aromatic rings. The molecule has 2 aromatic heterocycles. The van der Waals surface area contributed by atoms with Gasteiger partial charge in [0.2, 0.25) is 0 Å². The van der Waals surface area contributed by atoms with Gasteiger partial charge in [-0.3, -0.25) is 4.98 Å². The van der Waals surface area contributed by atoms with Gasteiger partial charge in [-0.25, -0.2) is 0 Å². The Morgan fingerprint density at radius 1 is 1.19 bits per heavy atom. The molecule has 0 unspecified atom stereocenters. The van der Waals surface area contributed by atoms with Crippen molar-refractivity contribution in [2.45, 2.75) is 64.1 Å². The fraction of sp³-hybridized carbons (Fsp3) is 0.545. The van der Waals surface area contributed by atoms with Crippen molar-refractivity contribution in [3.63, 3.8) is 0 Å². The second-order valence-corrected chi connectivity index (χ2v) is 8.74. The van der Waals surface area contributed by atoms with Crippen LogP contribution in [0.2, 0.25) is 0 Å². The molecule has 0 spiro atoms. The smallest absolute Gasteiger partial charge is 0.170 e. The predicted molar refractivity (Wildman–Crippen MR) is 114 cm³/mol. The first-order chi connectivity index (χ1) is 13.1. The summed E-state index contributed by atoms with van der Waals surface area (Å²) >= 11 is 5.73. The Morgan fingerprint density at radius 2 is 2.00 bits per heavy atom. The molecule has 2 atom stereocenters. The van der Waals surface area contributed by atoms with Crippen LogP contribution >= 0.6 is 12.2 Å². The lowest BCUT2D eigenvalue weighted by molar-refractivity contribution is 0.286. The Morgan fingerprint density at radius 3 is 2.70 bits per heavy atom. The van der Waals surface area contributed by atoms with Crippen LogP contribution in [0, 0.1) is 5.92 Å². The Kier molecular flexibility index (Phi) is 5.48. The highest BCUT2D eigenvalue weighted by molar-refractivity contribution is 7.80. The maximum Gasteiger partial charge on any atom is 0.170 e. The van der Waals surface area contributed by atoms with E-state index in [2.05, 4.69) is 64.2 Å². The molecule has 144 valence electrons. The monoisotopic (exact) mass is 382 g/mol. The highest BCUT2D eigenvalue weighted by atomic mass is 32.1. The van der Waals surface area contributed by atoms with Crippen LogP contribution in [0.15, 0.2) is 42.9 Å². The van der Waals surface area contributed by atoms with E-state index >= 15 is 0 Å². The van der Waals surface area contributed by atoms with E-state index in [1.54, 1.807) is 0 Å². The molecule has 2 aliphatic rings. The lowest BCUT2D eigenvalue weighted by Gasteiger charge is -2.29. The van der Waals surface area contributed by atoms with E-state index in [4.69, 9.17) is 12.2 Å². The molecule has 1 N–H and O–H groups in total. The van der Waals surface area contributed by atoms with Gasteiger partial charge in [-0.05, 0) is 54.7 Å². The number of hydrogen-bond acceptors (Lipinski definition) is 2. The van der Waals surface area contributed by atoms with E-state index in [0.29, 0.717) is 12.0 Å². The van der Waals surface area contributed by atoms with Crippen LogP contribution in [-0.4, -0.2) is 26.1 Å². The molecule has 3 heterocycles. The average molecular weight is 383 g/mol. The molecule has 0 aromatic carbocycles. The van der Waals surface area contributed by atoms with Gasteiger partial charge < -0.3 is 14.8 Å². The summed E-state index contributed by atoms with van der Waals surface area (Å²) in [5.74, 6) is 0.551. The van der Waals surface area contributed by atoms with Crippen molar-refractivity contribution >= 4 is 17.3 Å². The molecule has 27 heavy (non-hydrogen) atoms. The molecule has 1 saturated carbocycles. The van der Waals surface area contributed by atoms with Crippen LogP contribution in [0.25, 0.3) is 0 Å². The fourth-order valence-electron chi connectivity index (χ4n) is 4.57. The first kappa shape index (κ1) is 18.5. The molecule has 1 aliphatic carbocycles. The third-order valence-corrected chi connectivity index (χ3v) is 6.19. The fourth-order valence-corrected chi connectivity index (χ4v) is 4.89. The van der Waals surface area contributed by atoms with E-state index in [0.717, 1.165) is 17.4 Å². The van der Waals surface area contributed by atoms with Crippen LogP contribution in [0.4, 0.5) is 0 Å². The minimum atomic E-state index is 0.0969. The van der Waals surface area contributed by atoms with Gasteiger partial charge in [0.1, 0.15) is 0 Å². The largest absolute Gasteiger partial charge is 0.352 e. The van der Waals surface area contributed by atoms with E-state index in [-0.39, 0.29) is 12.1 Å². The molecule has 1 saturated heterocycles. The van der Waals surface area contributed by atoms with Crippen LogP contribution in [0.1, 0.15) is 75.3 Å². The normalized spacial score (nSPS) is 23.8. The summed E-state index contributed by atoms with van der Waals surface area (Å²) in [5, 5.41) is 4.39. The number of thiocarbonyl (C=S) groups is 1. The first-order valence-corrected chi connectivity index (χ1v) is 10.7. The van der Waals surface area contributed by atoms with Gasteiger partial charge in [0.15, 0.2) is 5.11 Å². The highest BCUT2D eigenvalue weighted by Crippen LogP contribution is 2.40. The van der Waals surface area contributed by atoms with Gasteiger partial charge in [0.05, 0.1) is 17.8 Å². The summed E-state index contributed by atoms with van der Waals surface area (Å²) in [7, 11) is 0. The minimum Gasteiger partial charge on any atom is -0.352 e.